The van der Waals surface area contributed by atoms with Crippen LogP contribution >= 0.6 is 0 Å². The second kappa shape index (κ2) is 5.86. The molecule has 0 saturated carbocycles. The summed E-state index contributed by atoms with van der Waals surface area (Å²) >= 11 is 0. The third-order valence-electron chi connectivity index (χ3n) is 2.85. The van der Waals surface area contributed by atoms with E-state index in [4.69, 9.17) is 10.8 Å². The van der Waals surface area contributed by atoms with Crippen molar-refractivity contribution < 1.29 is 9.90 Å². The number of carbonyl (C=O) groups excluding carboxylic acids is 1. The first kappa shape index (κ1) is 14.5. The standard InChI is InChI=1S/C12H22N4O2/c1-4-16-7-9(13)10(15-16)11(18)14-8-12(2,3)5-6-17/h7,17H,4-6,8,13H2,1-3H3,(H,14,18). The summed E-state index contributed by atoms with van der Waals surface area (Å²) in [4.78, 5) is 11.9. The molecule has 0 radical (unpaired) electrons. The predicted molar refractivity (Wildman–Crippen MR) is 70.1 cm³/mol. The Bertz CT molecular complexity index is 412. The van der Waals surface area contributed by atoms with Gasteiger partial charge < -0.3 is 16.2 Å². The summed E-state index contributed by atoms with van der Waals surface area (Å²) in [5, 5.41) is 15.8. The van der Waals surface area contributed by atoms with Gasteiger partial charge >= 0.3 is 0 Å². The monoisotopic (exact) mass is 254 g/mol. The molecule has 102 valence electrons. The van der Waals surface area contributed by atoms with E-state index in [1.807, 2.05) is 20.8 Å². The van der Waals surface area contributed by atoms with Gasteiger partial charge in [0.1, 0.15) is 0 Å². The summed E-state index contributed by atoms with van der Waals surface area (Å²) in [5.41, 5.74) is 6.23. The van der Waals surface area contributed by atoms with Crippen molar-refractivity contribution in [2.45, 2.75) is 33.7 Å². The third kappa shape index (κ3) is 3.73. The maximum Gasteiger partial charge on any atom is 0.273 e. The minimum Gasteiger partial charge on any atom is -0.396 e. The fourth-order valence-electron chi connectivity index (χ4n) is 1.57. The zero-order valence-electron chi connectivity index (χ0n) is 11.2. The quantitative estimate of drug-likeness (QED) is 0.694. The van der Waals surface area contributed by atoms with E-state index >= 15 is 0 Å². The summed E-state index contributed by atoms with van der Waals surface area (Å²) in [6.45, 7) is 7.15. The highest BCUT2D eigenvalue weighted by molar-refractivity contribution is 5.96. The SMILES string of the molecule is CCn1cc(N)c(C(=O)NCC(C)(C)CCO)n1. The lowest BCUT2D eigenvalue weighted by atomic mass is 9.90. The van der Waals surface area contributed by atoms with Crippen LogP contribution < -0.4 is 11.1 Å². The summed E-state index contributed by atoms with van der Waals surface area (Å²) < 4.78 is 1.63. The summed E-state index contributed by atoms with van der Waals surface area (Å²) in [5.74, 6) is -0.272. The van der Waals surface area contributed by atoms with E-state index in [1.165, 1.54) is 0 Å². The average Bonchev–Trinajstić information content (AvgIpc) is 2.68. The molecule has 0 bridgehead atoms. The van der Waals surface area contributed by atoms with Crippen molar-refractivity contribution in [3.05, 3.63) is 11.9 Å². The molecule has 1 amide bonds. The van der Waals surface area contributed by atoms with Crippen LogP contribution in [0.1, 0.15) is 37.7 Å². The smallest absolute Gasteiger partial charge is 0.273 e. The molecule has 0 aliphatic rings. The number of rotatable bonds is 6. The number of nitrogens with zero attached hydrogens (tertiary/aromatic N) is 2. The van der Waals surface area contributed by atoms with Crippen molar-refractivity contribution in [1.82, 2.24) is 15.1 Å². The molecule has 0 aromatic carbocycles. The van der Waals surface area contributed by atoms with Crippen LogP contribution in [-0.2, 0) is 6.54 Å². The molecule has 0 fully saturated rings. The molecule has 0 unspecified atom stereocenters. The van der Waals surface area contributed by atoms with Gasteiger partial charge in [0.15, 0.2) is 5.69 Å². The molecule has 0 aliphatic heterocycles. The molecule has 0 spiro atoms. The molecule has 1 rings (SSSR count). The zero-order valence-corrected chi connectivity index (χ0v) is 11.2. The van der Waals surface area contributed by atoms with E-state index in [0.29, 0.717) is 25.2 Å². The second-order valence-corrected chi connectivity index (χ2v) is 5.11. The van der Waals surface area contributed by atoms with E-state index in [0.717, 1.165) is 0 Å². The Hall–Kier alpha value is -1.56. The fraction of sp³-hybridized carbons (Fsp3) is 0.667. The van der Waals surface area contributed by atoms with Crippen LogP contribution in [0.15, 0.2) is 6.20 Å². The van der Waals surface area contributed by atoms with Crippen LogP contribution in [0.4, 0.5) is 5.69 Å². The van der Waals surface area contributed by atoms with Crippen molar-refractivity contribution in [3.8, 4) is 0 Å². The molecule has 1 heterocycles. The highest BCUT2D eigenvalue weighted by Gasteiger charge is 2.20. The number of nitrogens with two attached hydrogens (primary N) is 1. The molecular weight excluding hydrogens is 232 g/mol. The molecule has 1 aromatic heterocycles. The Balaban J connectivity index is 2.62. The highest BCUT2D eigenvalue weighted by Crippen LogP contribution is 2.18. The van der Waals surface area contributed by atoms with E-state index in [2.05, 4.69) is 10.4 Å². The second-order valence-electron chi connectivity index (χ2n) is 5.11. The number of hydrogen-bond acceptors (Lipinski definition) is 4. The van der Waals surface area contributed by atoms with Gasteiger partial charge in [0.2, 0.25) is 0 Å². The van der Waals surface area contributed by atoms with Gasteiger partial charge in [-0.15, -0.1) is 0 Å². The lowest BCUT2D eigenvalue weighted by Gasteiger charge is -2.23. The van der Waals surface area contributed by atoms with Gasteiger partial charge in [0, 0.05) is 25.9 Å². The lowest BCUT2D eigenvalue weighted by Crippen LogP contribution is -2.35. The molecular formula is C12H22N4O2. The number of aliphatic hydroxyl groups is 1. The average molecular weight is 254 g/mol. The van der Waals surface area contributed by atoms with Gasteiger partial charge in [-0.25, -0.2) is 0 Å². The van der Waals surface area contributed by atoms with Crippen molar-refractivity contribution in [2.75, 3.05) is 18.9 Å². The number of hydrogen-bond donors (Lipinski definition) is 3. The molecule has 6 heteroatoms. The van der Waals surface area contributed by atoms with Crippen molar-refractivity contribution in [1.29, 1.82) is 0 Å². The Morgan fingerprint density at radius 3 is 2.78 bits per heavy atom. The van der Waals surface area contributed by atoms with Crippen LogP contribution in [0.5, 0.6) is 0 Å². The first-order valence-electron chi connectivity index (χ1n) is 6.11. The van der Waals surface area contributed by atoms with Crippen LogP contribution in [-0.4, -0.2) is 33.9 Å². The first-order valence-corrected chi connectivity index (χ1v) is 6.11. The third-order valence-corrected chi connectivity index (χ3v) is 2.85. The van der Waals surface area contributed by atoms with Crippen molar-refractivity contribution >= 4 is 11.6 Å². The lowest BCUT2D eigenvalue weighted by molar-refractivity contribution is 0.0923. The molecule has 18 heavy (non-hydrogen) atoms. The fourth-order valence-corrected chi connectivity index (χ4v) is 1.57. The van der Waals surface area contributed by atoms with Gasteiger partial charge in [0.25, 0.3) is 5.91 Å². The van der Waals surface area contributed by atoms with Gasteiger partial charge in [-0.2, -0.15) is 5.10 Å². The van der Waals surface area contributed by atoms with Gasteiger partial charge in [-0.3, -0.25) is 9.48 Å². The summed E-state index contributed by atoms with van der Waals surface area (Å²) in [6.07, 6.45) is 2.28. The molecule has 6 nitrogen and oxygen atoms in total. The summed E-state index contributed by atoms with van der Waals surface area (Å²) in [7, 11) is 0. The number of nitrogens with one attached hydrogen (secondary N) is 1. The Morgan fingerprint density at radius 2 is 2.28 bits per heavy atom. The summed E-state index contributed by atoms with van der Waals surface area (Å²) in [6, 6.07) is 0. The van der Waals surface area contributed by atoms with Crippen LogP contribution in [0, 0.1) is 5.41 Å². The largest absolute Gasteiger partial charge is 0.396 e. The van der Waals surface area contributed by atoms with E-state index < -0.39 is 0 Å². The maximum absolute atomic E-state index is 11.9. The maximum atomic E-state index is 11.9. The minimum atomic E-state index is -0.272. The Labute approximate surface area is 107 Å². The van der Waals surface area contributed by atoms with E-state index in [1.54, 1.807) is 10.9 Å². The number of aliphatic hydroxyl groups excluding tert-OH is 1. The normalized spacial score (nSPS) is 11.6. The van der Waals surface area contributed by atoms with Gasteiger partial charge in [0.05, 0.1) is 5.69 Å². The number of amides is 1. The molecule has 0 atom stereocenters. The van der Waals surface area contributed by atoms with Gasteiger partial charge in [-0.05, 0) is 18.8 Å². The Kier molecular flexibility index (Phi) is 4.72. The number of nitrogen functional groups attached to an aromatic ring is 1. The predicted octanol–water partition coefficient (Wildman–Crippen LogP) is 0.624. The van der Waals surface area contributed by atoms with Gasteiger partial charge in [-0.1, -0.05) is 13.8 Å². The van der Waals surface area contributed by atoms with Crippen LogP contribution in [0.2, 0.25) is 0 Å². The Morgan fingerprint density at radius 1 is 1.61 bits per heavy atom. The number of anilines is 1. The highest BCUT2D eigenvalue weighted by atomic mass is 16.3. The number of aromatic nitrogens is 2. The first-order chi connectivity index (χ1) is 8.39. The van der Waals surface area contributed by atoms with Crippen LogP contribution in [0.25, 0.3) is 0 Å². The minimum absolute atomic E-state index is 0.107. The molecule has 4 N–H and O–H groups in total. The van der Waals surface area contributed by atoms with E-state index in [-0.39, 0.29) is 23.6 Å². The molecule has 0 saturated heterocycles. The van der Waals surface area contributed by atoms with Crippen molar-refractivity contribution in [2.24, 2.45) is 5.41 Å². The molecule has 1 aromatic rings. The molecule has 0 aliphatic carbocycles. The topological polar surface area (TPSA) is 93.2 Å². The zero-order chi connectivity index (χ0) is 13.8. The number of carbonyl (C=O) groups is 1. The van der Waals surface area contributed by atoms with Crippen molar-refractivity contribution in [3.63, 3.8) is 0 Å². The number of aryl methyl sites for hydroxylation is 1. The van der Waals surface area contributed by atoms with Crippen LogP contribution in [0.3, 0.4) is 0 Å². The van der Waals surface area contributed by atoms with E-state index in [9.17, 15) is 4.79 Å².